The Labute approximate surface area is 216 Å². The van der Waals surface area contributed by atoms with Crippen LogP contribution in [0.4, 0.5) is 10.5 Å². The van der Waals surface area contributed by atoms with Gasteiger partial charge in [-0.1, -0.05) is 12.1 Å². The number of hydrogen-bond acceptors (Lipinski definition) is 7. The SMILES string of the molecule is COc1cccc(NC(=O)NC2CCN(C(=O)c3ccco3)C2C(=O)NC(Cc2cccs2)C(N)=O)c1. The molecule has 3 heterocycles. The molecule has 0 radical (unpaired) electrons. The van der Waals surface area contributed by atoms with Crippen molar-refractivity contribution in [3.8, 4) is 5.75 Å². The largest absolute Gasteiger partial charge is 0.497 e. The van der Waals surface area contributed by atoms with E-state index in [0.717, 1.165) is 4.88 Å². The number of nitrogens with one attached hydrogen (secondary N) is 3. The molecule has 4 rings (SSSR count). The maximum absolute atomic E-state index is 13.5. The van der Waals surface area contributed by atoms with E-state index in [-0.39, 0.29) is 18.7 Å². The van der Waals surface area contributed by atoms with Gasteiger partial charge in [-0.2, -0.15) is 0 Å². The van der Waals surface area contributed by atoms with Crippen molar-refractivity contribution in [3.63, 3.8) is 0 Å². The molecule has 3 aromatic rings. The number of amides is 5. The van der Waals surface area contributed by atoms with E-state index in [1.165, 1.54) is 35.7 Å². The summed E-state index contributed by atoms with van der Waals surface area (Å²) < 4.78 is 10.4. The van der Waals surface area contributed by atoms with Gasteiger partial charge in [-0.25, -0.2) is 4.79 Å². The number of anilines is 1. The molecule has 37 heavy (non-hydrogen) atoms. The first-order valence-electron chi connectivity index (χ1n) is 11.5. The standard InChI is InChI=1S/C25H27N5O6S/c1-35-16-6-2-5-15(13-16)27-25(34)29-18-9-10-30(24(33)20-8-3-11-36-20)21(18)23(32)28-19(22(26)31)14-17-7-4-12-37-17/h2-8,11-13,18-19,21H,9-10,14H2,1H3,(H2,26,31)(H,28,32)(H2,27,29,34). The fourth-order valence-electron chi connectivity index (χ4n) is 4.18. The van der Waals surface area contributed by atoms with E-state index in [0.29, 0.717) is 17.9 Å². The van der Waals surface area contributed by atoms with Gasteiger partial charge in [0.25, 0.3) is 5.91 Å². The molecule has 0 saturated carbocycles. The fourth-order valence-corrected chi connectivity index (χ4v) is 4.94. The first-order chi connectivity index (χ1) is 17.9. The van der Waals surface area contributed by atoms with Gasteiger partial charge in [-0.05, 0) is 42.1 Å². The molecule has 12 heteroatoms. The number of carbonyl (C=O) groups excluding carboxylic acids is 4. The van der Waals surface area contributed by atoms with E-state index < -0.39 is 41.9 Å². The maximum atomic E-state index is 13.5. The molecular formula is C25H27N5O6S. The van der Waals surface area contributed by atoms with Crippen LogP contribution in [0, 0.1) is 0 Å². The molecule has 5 amide bonds. The lowest BCUT2D eigenvalue weighted by Gasteiger charge is -2.28. The van der Waals surface area contributed by atoms with Gasteiger partial charge < -0.3 is 35.7 Å². The van der Waals surface area contributed by atoms with Gasteiger partial charge >= 0.3 is 6.03 Å². The molecule has 1 saturated heterocycles. The predicted octanol–water partition coefficient (Wildman–Crippen LogP) is 1.97. The molecule has 11 nitrogen and oxygen atoms in total. The van der Waals surface area contributed by atoms with Crippen LogP contribution in [0.15, 0.2) is 64.6 Å². The molecule has 5 N–H and O–H groups in total. The van der Waals surface area contributed by atoms with E-state index in [1.54, 1.807) is 30.3 Å². The smallest absolute Gasteiger partial charge is 0.319 e. The van der Waals surface area contributed by atoms with Crippen molar-refractivity contribution in [1.82, 2.24) is 15.5 Å². The first kappa shape index (κ1) is 25.8. The summed E-state index contributed by atoms with van der Waals surface area (Å²) in [6.07, 6.45) is 1.88. The quantitative estimate of drug-likeness (QED) is 0.335. The molecule has 0 aliphatic carbocycles. The number of hydrogen-bond donors (Lipinski definition) is 4. The highest BCUT2D eigenvalue weighted by atomic mass is 32.1. The Morgan fingerprint density at radius 1 is 1.19 bits per heavy atom. The van der Waals surface area contributed by atoms with E-state index in [4.69, 9.17) is 14.9 Å². The Morgan fingerprint density at radius 3 is 2.70 bits per heavy atom. The minimum Gasteiger partial charge on any atom is -0.497 e. The normalized spacial score (nSPS) is 17.6. The van der Waals surface area contributed by atoms with Crippen molar-refractivity contribution in [2.75, 3.05) is 19.0 Å². The highest BCUT2D eigenvalue weighted by Gasteiger charge is 2.44. The zero-order valence-corrected chi connectivity index (χ0v) is 20.8. The lowest BCUT2D eigenvalue weighted by molar-refractivity contribution is -0.130. The number of ether oxygens (including phenoxy) is 1. The molecule has 0 bridgehead atoms. The summed E-state index contributed by atoms with van der Waals surface area (Å²) in [6.45, 7) is 0.188. The van der Waals surface area contributed by atoms with Crippen LogP contribution in [-0.4, -0.2) is 60.4 Å². The number of nitrogens with two attached hydrogens (primary N) is 1. The average Bonchev–Trinajstić information content (AvgIpc) is 3.65. The Kier molecular flexibility index (Phi) is 8.08. The van der Waals surface area contributed by atoms with Crippen LogP contribution < -0.4 is 26.4 Å². The predicted molar refractivity (Wildman–Crippen MR) is 136 cm³/mol. The van der Waals surface area contributed by atoms with Gasteiger partial charge in [0.15, 0.2) is 5.76 Å². The number of nitrogens with zero attached hydrogens (tertiary/aromatic N) is 1. The number of carbonyl (C=O) groups is 4. The Morgan fingerprint density at radius 2 is 2.03 bits per heavy atom. The highest BCUT2D eigenvalue weighted by molar-refractivity contribution is 7.09. The zero-order valence-electron chi connectivity index (χ0n) is 20.0. The van der Waals surface area contributed by atoms with E-state index in [1.807, 2.05) is 17.5 Å². The van der Waals surface area contributed by atoms with Crippen molar-refractivity contribution in [2.45, 2.75) is 31.0 Å². The zero-order chi connectivity index (χ0) is 26.4. The average molecular weight is 526 g/mol. The van der Waals surface area contributed by atoms with Crippen molar-refractivity contribution < 1.29 is 28.3 Å². The number of furan rings is 1. The summed E-state index contributed by atoms with van der Waals surface area (Å²) in [7, 11) is 1.52. The second-order valence-electron chi connectivity index (χ2n) is 8.39. The summed E-state index contributed by atoms with van der Waals surface area (Å²) in [4.78, 5) is 53.7. The van der Waals surface area contributed by atoms with Crippen molar-refractivity contribution >= 4 is 40.8 Å². The second kappa shape index (κ2) is 11.6. The summed E-state index contributed by atoms with van der Waals surface area (Å²) in [5.41, 5.74) is 6.05. The number of thiophene rings is 1. The number of methoxy groups -OCH3 is 1. The summed E-state index contributed by atoms with van der Waals surface area (Å²) in [6, 6.07) is 10.2. The van der Waals surface area contributed by atoms with E-state index >= 15 is 0 Å². The minimum absolute atomic E-state index is 0.0596. The van der Waals surface area contributed by atoms with Crippen LogP contribution in [0.25, 0.3) is 0 Å². The van der Waals surface area contributed by atoms with Crippen LogP contribution >= 0.6 is 11.3 Å². The molecular weight excluding hydrogens is 498 g/mol. The van der Waals surface area contributed by atoms with Crippen LogP contribution in [0.5, 0.6) is 5.75 Å². The van der Waals surface area contributed by atoms with E-state index in [9.17, 15) is 19.2 Å². The van der Waals surface area contributed by atoms with Crippen molar-refractivity contribution in [1.29, 1.82) is 0 Å². The third-order valence-corrected chi connectivity index (χ3v) is 6.85. The molecule has 1 aliphatic rings. The molecule has 194 valence electrons. The third-order valence-electron chi connectivity index (χ3n) is 5.95. The molecule has 1 aromatic carbocycles. The van der Waals surface area contributed by atoms with Gasteiger partial charge in [0.1, 0.15) is 17.8 Å². The van der Waals surface area contributed by atoms with Gasteiger partial charge in [0.2, 0.25) is 11.8 Å². The van der Waals surface area contributed by atoms with Gasteiger partial charge in [0, 0.05) is 29.6 Å². The Balaban J connectivity index is 1.52. The van der Waals surface area contributed by atoms with Crippen LogP contribution in [0.1, 0.15) is 21.9 Å². The molecule has 0 spiro atoms. The molecule has 3 atom stereocenters. The van der Waals surface area contributed by atoms with Crippen LogP contribution in [-0.2, 0) is 16.0 Å². The minimum atomic E-state index is -1.10. The highest BCUT2D eigenvalue weighted by Crippen LogP contribution is 2.23. The number of likely N-dealkylation sites (tertiary alicyclic amines) is 1. The van der Waals surface area contributed by atoms with Gasteiger partial charge in [0.05, 0.1) is 19.4 Å². The van der Waals surface area contributed by atoms with Crippen LogP contribution in [0.2, 0.25) is 0 Å². The summed E-state index contributed by atoms with van der Waals surface area (Å²) in [5.74, 6) is -1.19. The van der Waals surface area contributed by atoms with Crippen molar-refractivity contribution in [2.24, 2.45) is 5.73 Å². The summed E-state index contributed by atoms with van der Waals surface area (Å²) in [5, 5.41) is 10.0. The monoisotopic (exact) mass is 525 g/mol. The topological polar surface area (TPSA) is 156 Å². The second-order valence-corrected chi connectivity index (χ2v) is 9.43. The molecule has 3 unspecified atom stereocenters. The van der Waals surface area contributed by atoms with Crippen LogP contribution in [0.3, 0.4) is 0 Å². The number of urea groups is 1. The summed E-state index contributed by atoms with van der Waals surface area (Å²) >= 11 is 1.43. The maximum Gasteiger partial charge on any atom is 0.319 e. The number of benzene rings is 1. The molecule has 2 aromatic heterocycles. The first-order valence-corrected chi connectivity index (χ1v) is 12.4. The Bertz CT molecular complexity index is 1250. The Hall–Kier alpha value is -4.32. The lowest BCUT2D eigenvalue weighted by Crippen LogP contribution is -2.58. The fraction of sp³-hybridized carbons (Fsp3) is 0.280. The number of primary amides is 1. The van der Waals surface area contributed by atoms with Crippen molar-refractivity contribution in [3.05, 3.63) is 70.8 Å². The van der Waals surface area contributed by atoms with E-state index in [2.05, 4.69) is 16.0 Å². The molecule has 1 fully saturated rings. The van der Waals surface area contributed by atoms with Gasteiger partial charge in [-0.15, -0.1) is 11.3 Å². The lowest BCUT2D eigenvalue weighted by atomic mass is 10.1. The van der Waals surface area contributed by atoms with Gasteiger partial charge in [-0.3, -0.25) is 14.4 Å². The number of rotatable bonds is 9. The molecule has 1 aliphatic heterocycles. The third kappa shape index (κ3) is 6.28.